The molecule has 6 rings (SSSR count). The lowest BCUT2D eigenvalue weighted by molar-refractivity contribution is -0.238. The van der Waals surface area contributed by atoms with Crippen molar-refractivity contribution in [2.45, 2.75) is 63.0 Å². The highest BCUT2D eigenvalue weighted by Crippen LogP contribution is 2.84. The molecule has 11 atom stereocenters. The highest BCUT2D eigenvalue weighted by Gasteiger charge is 3.02. The average Bonchev–Trinajstić information content (AvgIpc) is 3.30. The quantitative estimate of drug-likeness (QED) is 0.396. The van der Waals surface area contributed by atoms with Crippen LogP contribution in [0.15, 0.2) is 0 Å². The van der Waals surface area contributed by atoms with E-state index < -0.39 is 76.4 Å². The van der Waals surface area contributed by atoms with Crippen molar-refractivity contribution in [1.82, 2.24) is 0 Å². The molecule has 0 aromatic carbocycles. The molecule has 9 heteroatoms. The second-order valence-electron chi connectivity index (χ2n) is 8.97. The molecule has 4 heterocycles. The van der Waals surface area contributed by atoms with Crippen molar-refractivity contribution in [1.29, 1.82) is 0 Å². The van der Waals surface area contributed by atoms with Crippen molar-refractivity contribution in [2.75, 3.05) is 0 Å². The first-order chi connectivity index (χ1) is 12.6. The van der Waals surface area contributed by atoms with Gasteiger partial charge in [0.2, 0.25) is 11.9 Å². The predicted octanol–water partition coefficient (Wildman–Crippen LogP) is -1.12. The first-order valence-corrected chi connectivity index (χ1v) is 9.33. The highest BCUT2D eigenvalue weighted by atomic mass is 16.7. The van der Waals surface area contributed by atoms with E-state index in [1.54, 1.807) is 6.92 Å². The van der Waals surface area contributed by atoms with Gasteiger partial charge in [-0.05, 0) is 19.3 Å². The van der Waals surface area contributed by atoms with Crippen LogP contribution in [-0.4, -0.2) is 63.9 Å². The van der Waals surface area contributed by atoms with Gasteiger partial charge in [0, 0.05) is 0 Å². The predicted molar refractivity (Wildman–Crippen MR) is 81.4 cm³/mol. The summed E-state index contributed by atoms with van der Waals surface area (Å²) in [5, 5.41) is 23.2. The number of ether oxygens (including phenoxy) is 4. The molecule has 4 unspecified atom stereocenters. The molecule has 4 saturated heterocycles. The second kappa shape index (κ2) is 4.01. The molecule has 2 aliphatic carbocycles. The maximum atomic E-state index is 13.2. The van der Waals surface area contributed by atoms with E-state index >= 15 is 0 Å². The number of aliphatic hydroxyl groups excluding tert-OH is 1. The Kier molecular flexibility index (Phi) is 2.42. The third-order valence-corrected chi connectivity index (χ3v) is 8.70. The number of rotatable bonds is 0. The molecule has 0 bridgehead atoms. The molecular formula is C18H20O9. The average molecular weight is 380 g/mol. The first kappa shape index (κ1) is 16.3. The molecule has 6 aliphatic rings. The second-order valence-corrected chi connectivity index (χ2v) is 8.97. The zero-order valence-electron chi connectivity index (χ0n) is 15.0. The summed E-state index contributed by atoms with van der Waals surface area (Å²) < 4.78 is 22.6. The van der Waals surface area contributed by atoms with Crippen LogP contribution in [-0.2, 0) is 33.3 Å². The standard InChI is InChI=1S/C18H20O9/c1-5-4-8-16-9(19)10-17(23,7(3)12(21)25-10)18(16,13(22)24-8)27-14-15(5,16)6(2)11(20)26-14/h5-10,14,19,23H,4H2,1-3H3/t5-,6+,7-,8?,9+,10+,14?,15?,16?,17-,18+/m1/s1. The van der Waals surface area contributed by atoms with Gasteiger partial charge in [-0.2, -0.15) is 0 Å². The van der Waals surface area contributed by atoms with Crippen LogP contribution in [0.3, 0.4) is 0 Å². The fraction of sp³-hybridized carbons (Fsp3) is 0.833. The number of esters is 3. The van der Waals surface area contributed by atoms with Gasteiger partial charge in [-0.15, -0.1) is 0 Å². The molecular weight excluding hydrogens is 360 g/mol. The Morgan fingerprint density at radius 1 is 1.00 bits per heavy atom. The zero-order valence-corrected chi connectivity index (χ0v) is 15.0. The molecule has 0 amide bonds. The van der Waals surface area contributed by atoms with E-state index in [1.165, 1.54) is 6.92 Å². The summed E-state index contributed by atoms with van der Waals surface area (Å²) in [6.45, 7) is 5.05. The number of carbonyl (C=O) groups excluding carboxylic acids is 3. The van der Waals surface area contributed by atoms with Crippen LogP contribution >= 0.6 is 0 Å². The molecule has 9 nitrogen and oxygen atoms in total. The van der Waals surface area contributed by atoms with Crippen molar-refractivity contribution in [2.24, 2.45) is 28.6 Å². The van der Waals surface area contributed by atoms with Crippen LogP contribution in [0.4, 0.5) is 0 Å². The van der Waals surface area contributed by atoms with E-state index in [0.29, 0.717) is 6.42 Å². The zero-order chi connectivity index (χ0) is 19.3. The lowest BCUT2D eigenvalue weighted by Gasteiger charge is -2.44. The number of fused-ring (bicyclic) bond motifs is 1. The maximum absolute atomic E-state index is 13.2. The highest BCUT2D eigenvalue weighted by molar-refractivity contribution is 5.93. The Morgan fingerprint density at radius 2 is 1.67 bits per heavy atom. The van der Waals surface area contributed by atoms with Crippen LogP contribution in [0.5, 0.6) is 0 Å². The number of hydrogen-bond acceptors (Lipinski definition) is 9. The van der Waals surface area contributed by atoms with Gasteiger partial charge in [-0.3, -0.25) is 9.59 Å². The van der Waals surface area contributed by atoms with Crippen LogP contribution in [0.25, 0.3) is 0 Å². The minimum atomic E-state index is -2.11. The normalized spacial score (nSPS) is 64.8. The van der Waals surface area contributed by atoms with E-state index in [9.17, 15) is 24.6 Å². The van der Waals surface area contributed by atoms with Crippen LogP contribution in [0, 0.1) is 28.6 Å². The summed E-state index contributed by atoms with van der Waals surface area (Å²) in [7, 11) is 0. The molecule has 27 heavy (non-hydrogen) atoms. The van der Waals surface area contributed by atoms with Crippen molar-refractivity contribution >= 4 is 17.9 Å². The van der Waals surface area contributed by atoms with Gasteiger partial charge in [0.25, 0.3) is 0 Å². The van der Waals surface area contributed by atoms with Gasteiger partial charge >= 0.3 is 17.9 Å². The van der Waals surface area contributed by atoms with Gasteiger partial charge in [-0.25, -0.2) is 4.79 Å². The fourth-order valence-corrected chi connectivity index (χ4v) is 7.82. The SMILES string of the molecule is C[C@@H]1CC2OC(=O)[C@]34OC5OC(=O)[C@H](C)C51C23[C@@H](O)[C@@H]1OC(=O)[C@@H](C)[C@@]14O. The van der Waals surface area contributed by atoms with E-state index in [4.69, 9.17) is 18.9 Å². The van der Waals surface area contributed by atoms with Crippen LogP contribution < -0.4 is 0 Å². The molecule has 0 radical (unpaired) electrons. The van der Waals surface area contributed by atoms with Crippen molar-refractivity contribution in [3.05, 3.63) is 0 Å². The fourth-order valence-electron chi connectivity index (χ4n) is 7.82. The summed E-state index contributed by atoms with van der Waals surface area (Å²) in [5.74, 6) is -4.00. The molecule has 2 spiro atoms. The molecule has 0 aromatic rings. The van der Waals surface area contributed by atoms with Crippen LogP contribution in [0.2, 0.25) is 0 Å². The minimum Gasteiger partial charge on any atom is -0.459 e. The summed E-state index contributed by atoms with van der Waals surface area (Å²) >= 11 is 0. The Morgan fingerprint density at radius 3 is 2.37 bits per heavy atom. The largest absolute Gasteiger partial charge is 0.459 e. The summed E-state index contributed by atoms with van der Waals surface area (Å²) in [6, 6.07) is 0. The molecule has 0 aromatic heterocycles. The minimum absolute atomic E-state index is 0.188. The van der Waals surface area contributed by atoms with Crippen LogP contribution in [0.1, 0.15) is 27.2 Å². The number of hydrogen-bond donors (Lipinski definition) is 2. The van der Waals surface area contributed by atoms with Gasteiger partial charge in [0.15, 0.2) is 11.7 Å². The summed E-state index contributed by atoms with van der Waals surface area (Å²) in [4.78, 5) is 37.9. The molecule has 4 aliphatic heterocycles. The van der Waals surface area contributed by atoms with Gasteiger partial charge in [0.05, 0.1) is 22.7 Å². The van der Waals surface area contributed by atoms with Gasteiger partial charge in [-0.1, -0.05) is 13.8 Å². The van der Waals surface area contributed by atoms with Gasteiger partial charge in [0.1, 0.15) is 12.2 Å². The number of carbonyl (C=O) groups is 3. The Balaban J connectivity index is 1.73. The van der Waals surface area contributed by atoms with E-state index in [0.717, 1.165) is 0 Å². The Bertz CT molecular complexity index is 841. The topological polar surface area (TPSA) is 129 Å². The monoisotopic (exact) mass is 380 g/mol. The summed E-state index contributed by atoms with van der Waals surface area (Å²) in [6.07, 6.45) is -4.23. The molecule has 6 fully saturated rings. The van der Waals surface area contributed by atoms with Crippen molar-refractivity contribution < 1.29 is 43.5 Å². The molecule has 2 saturated carbocycles. The Labute approximate surface area is 153 Å². The summed E-state index contributed by atoms with van der Waals surface area (Å²) in [5.41, 5.74) is -6.62. The smallest absolute Gasteiger partial charge is 0.343 e. The molecule has 146 valence electrons. The van der Waals surface area contributed by atoms with Gasteiger partial charge < -0.3 is 29.2 Å². The first-order valence-electron chi connectivity index (χ1n) is 9.33. The maximum Gasteiger partial charge on any atom is 0.343 e. The lowest BCUT2D eigenvalue weighted by atomic mass is 9.52. The van der Waals surface area contributed by atoms with Crippen molar-refractivity contribution in [3.63, 3.8) is 0 Å². The van der Waals surface area contributed by atoms with E-state index in [1.807, 2.05) is 6.92 Å². The van der Waals surface area contributed by atoms with E-state index in [-0.39, 0.29) is 5.92 Å². The number of aliphatic hydroxyl groups is 2. The molecule has 2 N–H and O–H groups in total. The third kappa shape index (κ3) is 1.07. The third-order valence-electron chi connectivity index (χ3n) is 8.70. The van der Waals surface area contributed by atoms with E-state index in [2.05, 4.69) is 0 Å². The van der Waals surface area contributed by atoms with Crippen molar-refractivity contribution in [3.8, 4) is 0 Å². The lowest BCUT2D eigenvalue weighted by Crippen LogP contribution is -2.66. The Hall–Kier alpha value is -1.71.